The van der Waals surface area contributed by atoms with Gasteiger partial charge in [-0.05, 0) is 85.9 Å². The number of aryl methyl sites for hydroxylation is 1. The fourth-order valence-corrected chi connectivity index (χ4v) is 7.60. The molecular formula is C35H37N7O3. The van der Waals surface area contributed by atoms with Crippen molar-refractivity contribution in [2.75, 3.05) is 13.7 Å². The monoisotopic (exact) mass is 603 g/mol. The van der Waals surface area contributed by atoms with Gasteiger partial charge in [0.15, 0.2) is 5.82 Å². The quantitative estimate of drug-likeness (QED) is 0.267. The zero-order chi connectivity index (χ0) is 31.0. The lowest BCUT2D eigenvalue weighted by Crippen LogP contribution is -2.38. The molecule has 2 amide bonds. The molecule has 2 aliphatic carbocycles. The zero-order valence-corrected chi connectivity index (χ0v) is 25.9. The van der Waals surface area contributed by atoms with Crippen LogP contribution in [0, 0.1) is 17.8 Å². The van der Waals surface area contributed by atoms with Crippen molar-refractivity contribution in [1.82, 2.24) is 29.0 Å². The first-order chi connectivity index (χ1) is 21.8. The number of benzene rings is 1. The second-order valence-electron chi connectivity index (χ2n) is 13.1. The maximum Gasteiger partial charge on any atom is 0.254 e. The van der Waals surface area contributed by atoms with Crippen LogP contribution in [0.15, 0.2) is 48.7 Å². The smallest absolute Gasteiger partial charge is 0.254 e. The number of amides is 2. The first kappa shape index (κ1) is 27.8. The second-order valence-corrected chi connectivity index (χ2v) is 13.1. The molecule has 2 bridgehead atoms. The van der Waals surface area contributed by atoms with Crippen LogP contribution in [0.2, 0.25) is 0 Å². The highest BCUT2D eigenvalue weighted by atomic mass is 16.5. The third-order valence-electron chi connectivity index (χ3n) is 10.3. The molecular weight excluding hydrogens is 566 g/mol. The van der Waals surface area contributed by atoms with E-state index < -0.39 is 5.91 Å². The molecule has 2 saturated carbocycles. The third-order valence-corrected chi connectivity index (χ3v) is 10.3. The Morgan fingerprint density at radius 3 is 2.56 bits per heavy atom. The van der Waals surface area contributed by atoms with Gasteiger partial charge in [-0.1, -0.05) is 6.92 Å². The van der Waals surface area contributed by atoms with Crippen LogP contribution in [0.1, 0.15) is 48.7 Å². The number of rotatable bonds is 8. The topological polar surface area (TPSA) is 121 Å². The lowest BCUT2D eigenvalue weighted by Gasteiger charge is -2.27. The fourth-order valence-electron chi connectivity index (χ4n) is 7.60. The van der Waals surface area contributed by atoms with Crippen molar-refractivity contribution in [1.29, 1.82) is 0 Å². The number of carbonyl (C=O) groups is 2. The van der Waals surface area contributed by atoms with E-state index in [1.165, 1.54) is 19.3 Å². The molecule has 1 aliphatic heterocycles. The first-order valence-electron chi connectivity index (χ1n) is 15.9. The van der Waals surface area contributed by atoms with Crippen molar-refractivity contribution in [3.63, 3.8) is 0 Å². The van der Waals surface area contributed by atoms with E-state index in [1.807, 2.05) is 37.4 Å². The van der Waals surface area contributed by atoms with Gasteiger partial charge in [-0.2, -0.15) is 0 Å². The Morgan fingerprint density at radius 1 is 1.04 bits per heavy atom. The van der Waals surface area contributed by atoms with Crippen LogP contribution >= 0.6 is 0 Å². The lowest BCUT2D eigenvalue weighted by molar-refractivity contribution is -0.117. The van der Waals surface area contributed by atoms with Gasteiger partial charge in [0.1, 0.15) is 16.9 Å². The summed E-state index contributed by atoms with van der Waals surface area (Å²) < 4.78 is 10.2. The number of ether oxygens (including phenoxy) is 1. The molecule has 10 nitrogen and oxygen atoms in total. The van der Waals surface area contributed by atoms with Crippen LogP contribution in [-0.4, -0.2) is 60.5 Å². The van der Waals surface area contributed by atoms with E-state index in [1.54, 1.807) is 13.3 Å². The van der Waals surface area contributed by atoms with Gasteiger partial charge in [0.05, 0.1) is 30.4 Å². The van der Waals surface area contributed by atoms with Crippen LogP contribution in [0.4, 0.5) is 0 Å². The summed E-state index contributed by atoms with van der Waals surface area (Å²) in [6, 6.07) is 14.1. The number of carbonyl (C=O) groups excluding carboxylic acids is 2. The lowest BCUT2D eigenvalue weighted by atomic mass is 10.0. The number of nitrogens with two attached hydrogens (primary N) is 1. The van der Waals surface area contributed by atoms with Crippen molar-refractivity contribution < 1.29 is 14.3 Å². The molecule has 1 aromatic carbocycles. The summed E-state index contributed by atoms with van der Waals surface area (Å²) in [6.45, 7) is 3.97. The number of aromatic nitrogens is 5. The molecule has 2 N–H and O–H groups in total. The number of imidazole rings is 1. The van der Waals surface area contributed by atoms with E-state index in [2.05, 4.69) is 38.1 Å². The van der Waals surface area contributed by atoms with Gasteiger partial charge in [-0.3, -0.25) is 14.6 Å². The van der Waals surface area contributed by atoms with Crippen molar-refractivity contribution in [2.45, 2.75) is 51.6 Å². The predicted molar refractivity (Wildman–Crippen MR) is 172 cm³/mol. The summed E-state index contributed by atoms with van der Waals surface area (Å²) in [5.74, 6) is 2.87. The van der Waals surface area contributed by atoms with Gasteiger partial charge in [0.25, 0.3) is 5.91 Å². The first-order valence-corrected chi connectivity index (χ1v) is 15.9. The Labute approximate surface area is 261 Å². The highest BCUT2D eigenvalue weighted by Gasteiger charge is 2.46. The standard InChI is InChI=1S/C35H37N7O3/c1-19-23-8-11-28(19)42(18-23)35(44)24-12-27-32(30(14-24)45-3)40(2)34(39-27)29-13-21-7-10-26(38-33(21)41(29)17-20-4-5-20)22-6-9-25(37-16-22)15-31(36)43/h6-7,9-10,12-14,16,19-20,23,28H,4-5,8,11,15,17-18H2,1-3H3,(H2,36,43)/t19-,23?,28?/m1/s1. The molecule has 4 aromatic heterocycles. The summed E-state index contributed by atoms with van der Waals surface area (Å²) in [5.41, 5.74) is 11.8. The molecule has 1 saturated heterocycles. The average Bonchev–Trinajstić information content (AvgIpc) is 3.44. The number of nitrogens with zero attached hydrogens (tertiary/aromatic N) is 6. The number of hydrogen-bond donors (Lipinski definition) is 1. The zero-order valence-electron chi connectivity index (χ0n) is 25.9. The van der Waals surface area contributed by atoms with Crippen molar-refractivity contribution >= 4 is 33.9 Å². The molecule has 230 valence electrons. The van der Waals surface area contributed by atoms with E-state index in [0.717, 1.165) is 64.4 Å². The molecule has 2 unspecified atom stereocenters. The maximum atomic E-state index is 13.8. The molecule has 5 aromatic rings. The summed E-state index contributed by atoms with van der Waals surface area (Å²) in [6.07, 6.45) is 6.55. The minimum Gasteiger partial charge on any atom is -0.494 e. The van der Waals surface area contributed by atoms with Crippen LogP contribution in [-0.2, 0) is 24.8 Å². The van der Waals surface area contributed by atoms with Crippen LogP contribution in [0.5, 0.6) is 5.75 Å². The van der Waals surface area contributed by atoms with E-state index >= 15 is 0 Å². The Balaban J connectivity index is 1.20. The van der Waals surface area contributed by atoms with Crippen LogP contribution < -0.4 is 10.5 Å². The molecule has 3 atom stereocenters. The Kier molecular flexibility index (Phi) is 6.44. The number of piperidine rings is 1. The minimum atomic E-state index is -0.407. The highest BCUT2D eigenvalue weighted by Crippen LogP contribution is 2.44. The predicted octanol–water partition coefficient (Wildman–Crippen LogP) is 4.97. The number of likely N-dealkylation sites (tertiary alicyclic amines) is 1. The van der Waals surface area contributed by atoms with Crippen molar-refractivity contribution in [2.24, 2.45) is 30.5 Å². The number of methoxy groups -OCH3 is 1. The average molecular weight is 604 g/mol. The Bertz CT molecular complexity index is 1990. The maximum absolute atomic E-state index is 13.8. The summed E-state index contributed by atoms with van der Waals surface area (Å²) in [4.78, 5) is 41.8. The molecule has 8 rings (SSSR count). The van der Waals surface area contributed by atoms with E-state index in [-0.39, 0.29) is 12.3 Å². The largest absolute Gasteiger partial charge is 0.494 e. The van der Waals surface area contributed by atoms with Gasteiger partial charge in [0, 0.05) is 54.6 Å². The van der Waals surface area contributed by atoms with Gasteiger partial charge in [-0.25, -0.2) is 9.97 Å². The minimum absolute atomic E-state index is 0.0678. The van der Waals surface area contributed by atoms with Gasteiger partial charge in [0.2, 0.25) is 5.91 Å². The van der Waals surface area contributed by atoms with Gasteiger partial charge < -0.3 is 24.5 Å². The molecule has 3 aliphatic rings. The number of fused-ring (bicyclic) bond motifs is 4. The highest BCUT2D eigenvalue weighted by molar-refractivity contribution is 6.00. The SMILES string of the molecule is COc1cc(C(=O)N2CC3CCC2[C@@H]3C)cc2nc(-c3cc4ccc(-c5ccc(CC(N)=O)nc5)nc4n3CC3CC3)n(C)c12. The molecule has 10 heteroatoms. The van der Waals surface area contributed by atoms with Crippen LogP contribution in [0.25, 0.3) is 44.8 Å². The number of primary amides is 1. The Hall–Kier alpha value is -4.73. The van der Waals surface area contributed by atoms with Gasteiger partial charge >= 0.3 is 0 Å². The normalized spacial score (nSPS) is 20.9. The third kappa shape index (κ3) is 4.65. The van der Waals surface area contributed by atoms with Crippen molar-refractivity contribution in [3.05, 3.63) is 59.9 Å². The molecule has 0 radical (unpaired) electrons. The fraction of sp³-hybridized carbons (Fsp3) is 0.400. The summed E-state index contributed by atoms with van der Waals surface area (Å²) in [7, 11) is 3.66. The molecule has 0 spiro atoms. The summed E-state index contributed by atoms with van der Waals surface area (Å²) >= 11 is 0. The van der Waals surface area contributed by atoms with Crippen molar-refractivity contribution in [3.8, 4) is 28.5 Å². The van der Waals surface area contributed by atoms with E-state index in [4.69, 9.17) is 20.4 Å². The van der Waals surface area contributed by atoms with Gasteiger partial charge in [-0.15, -0.1) is 0 Å². The number of hydrogen-bond acceptors (Lipinski definition) is 6. The Morgan fingerprint density at radius 2 is 1.89 bits per heavy atom. The molecule has 5 heterocycles. The summed E-state index contributed by atoms with van der Waals surface area (Å²) in [5, 5.41) is 1.03. The second kappa shape index (κ2) is 10.4. The molecule has 3 fully saturated rings. The number of pyridine rings is 2. The van der Waals surface area contributed by atoms with E-state index in [0.29, 0.717) is 40.8 Å². The van der Waals surface area contributed by atoms with Crippen LogP contribution in [0.3, 0.4) is 0 Å². The van der Waals surface area contributed by atoms with E-state index in [9.17, 15) is 9.59 Å². The molecule has 45 heavy (non-hydrogen) atoms.